The highest BCUT2D eigenvalue weighted by molar-refractivity contribution is 5.98. The number of urea groups is 1. The van der Waals surface area contributed by atoms with E-state index in [1.54, 1.807) is 17.0 Å². The molecule has 11 nitrogen and oxygen atoms in total. The first-order valence-corrected chi connectivity index (χ1v) is 13.7. The summed E-state index contributed by atoms with van der Waals surface area (Å²) < 4.78 is 0. The number of carbonyl (C=O) groups is 4. The fraction of sp³-hybridized carbons (Fsp3) is 0.448. The summed E-state index contributed by atoms with van der Waals surface area (Å²) in [5.74, 6) is -1.03. The summed E-state index contributed by atoms with van der Waals surface area (Å²) >= 11 is 0. The standard InChI is InChI=1S/C29H39N5O6/c1-3-21-7-9-22(10-8-21)23-11-13-24(14-12-23)27(37)32-26(20(2)35)28(38)30-15-16-31-29(39)34(40)19-5-18-33-17-4-6-25(33)36/h7-14,20,26,35,40H,3-6,15-19H2,1-2H3,(H,30,38)(H,31,39)(H,32,37)/t20-,26+/m1/s1. The van der Waals surface area contributed by atoms with Crippen molar-refractivity contribution in [2.45, 2.75) is 51.7 Å². The second-order valence-corrected chi connectivity index (χ2v) is 9.80. The number of hydrogen-bond donors (Lipinski definition) is 5. The van der Waals surface area contributed by atoms with Gasteiger partial charge in [0.2, 0.25) is 11.8 Å². The number of nitrogens with zero attached hydrogens (tertiary/aromatic N) is 2. The van der Waals surface area contributed by atoms with Gasteiger partial charge < -0.3 is 26.0 Å². The van der Waals surface area contributed by atoms with Crippen LogP contribution < -0.4 is 16.0 Å². The summed E-state index contributed by atoms with van der Waals surface area (Å²) in [6, 6.07) is 13.2. The normalized spacial score (nSPS) is 14.4. The minimum Gasteiger partial charge on any atom is -0.391 e. The molecule has 3 rings (SSSR count). The molecule has 0 aromatic heterocycles. The van der Waals surface area contributed by atoms with Crippen molar-refractivity contribution in [3.63, 3.8) is 0 Å². The molecular weight excluding hydrogens is 514 g/mol. The lowest BCUT2D eigenvalue weighted by Crippen LogP contribution is -2.53. The monoisotopic (exact) mass is 553 g/mol. The lowest BCUT2D eigenvalue weighted by molar-refractivity contribution is -0.128. The van der Waals surface area contributed by atoms with Crippen LogP contribution in [0.1, 0.15) is 49.0 Å². The molecule has 0 spiro atoms. The fourth-order valence-electron chi connectivity index (χ4n) is 4.39. The molecule has 1 fully saturated rings. The molecule has 0 aliphatic carbocycles. The quantitative estimate of drug-likeness (QED) is 0.145. The maximum atomic E-state index is 12.8. The number of nitrogens with one attached hydrogen (secondary N) is 3. The number of aliphatic hydroxyl groups excluding tert-OH is 1. The van der Waals surface area contributed by atoms with Crippen molar-refractivity contribution in [2.24, 2.45) is 0 Å². The van der Waals surface area contributed by atoms with E-state index in [2.05, 4.69) is 35.0 Å². The van der Waals surface area contributed by atoms with E-state index in [-0.39, 0.29) is 25.5 Å². The summed E-state index contributed by atoms with van der Waals surface area (Å²) in [5.41, 5.74) is 3.56. The Kier molecular flexibility index (Phi) is 11.5. The highest BCUT2D eigenvalue weighted by atomic mass is 16.5. The molecule has 2 atom stereocenters. The Morgan fingerprint density at radius 2 is 1.62 bits per heavy atom. The number of aryl methyl sites for hydroxylation is 1. The number of rotatable bonds is 13. The average Bonchev–Trinajstić information content (AvgIpc) is 3.37. The molecule has 1 aliphatic heterocycles. The van der Waals surface area contributed by atoms with Gasteiger partial charge in [-0.15, -0.1) is 0 Å². The van der Waals surface area contributed by atoms with Crippen molar-refractivity contribution in [3.05, 3.63) is 59.7 Å². The molecule has 0 unspecified atom stereocenters. The lowest BCUT2D eigenvalue weighted by Gasteiger charge is -2.21. The first-order valence-electron chi connectivity index (χ1n) is 13.7. The molecule has 0 saturated carbocycles. The summed E-state index contributed by atoms with van der Waals surface area (Å²) in [5, 5.41) is 28.1. The van der Waals surface area contributed by atoms with E-state index in [4.69, 9.17) is 0 Å². The Hall–Kier alpha value is -3.96. The van der Waals surface area contributed by atoms with Crippen LogP contribution >= 0.6 is 0 Å². The first kappa shape index (κ1) is 30.6. The van der Waals surface area contributed by atoms with E-state index in [0.29, 0.717) is 36.6 Å². The van der Waals surface area contributed by atoms with Gasteiger partial charge >= 0.3 is 6.03 Å². The van der Waals surface area contributed by atoms with Crippen LogP contribution in [0.2, 0.25) is 0 Å². The fourth-order valence-corrected chi connectivity index (χ4v) is 4.39. The van der Waals surface area contributed by atoms with Crippen LogP contribution in [0.15, 0.2) is 48.5 Å². The largest absolute Gasteiger partial charge is 0.391 e. The van der Waals surface area contributed by atoms with Crippen molar-refractivity contribution >= 4 is 23.8 Å². The average molecular weight is 554 g/mol. The summed E-state index contributed by atoms with van der Waals surface area (Å²) in [6.45, 7) is 4.76. The second kappa shape index (κ2) is 15.0. The second-order valence-electron chi connectivity index (χ2n) is 9.80. The van der Waals surface area contributed by atoms with Gasteiger partial charge in [-0.1, -0.05) is 43.3 Å². The maximum Gasteiger partial charge on any atom is 0.341 e. The van der Waals surface area contributed by atoms with Gasteiger partial charge in [0.15, 0.2) is 0 Å². The molecule has 11 heteroatoms. The minimum absolute atomic E-state index is 0.0191. The minimum atomic E-state index is -1.20. The number of carbonyl (C=O) groups excluding carboxylic acids is 4. The van der Waals surface area contributed by atoms with Crippen LogP contribution in [0, 0.1) is 0 Å². The van der Waals surface area contributed by atoms with Crippen molar-refractivity contribution in [1.82, 2.24) is 25.9 Å². The molecule has 216 valence electrons. The predicted molar refractivity (Wildman–Crippen MR) is 150 cm³/mol. The van der Waals surface area contributed by atoms with E-state index in [0.717, 1.165) is 24.0 Å². The zero-order chi connectivity index (χ0) is 29.1. The third-order valence-electron chi connectivity index (χ3n) is 6.80. The number of aliphatic hydroxyl groups is 1. The molecule has 0 bridgehead atoms. The van der Waals surface area contributed by atoms with Gasteiger partial charge in [0.1, 0.15) is 6.04 Å². The number of likely N-dealkylation sites (tertiary alicyclic amines) is 1. The molecule has 40 heavy (non-hydrogen) atoms. The van der Waals surface area contributed by atoms with Crippen molar-refractivity contribution < 1.29 is 29.5 Å². The summed E-state index contributed by atoms with van der Waals surface area (Å²) in [6.07, 6.45) is 1.60. The van der Waals surface area contributed by atoms with Gasteiger partial charge in [0, 0.05) is 38.2 Å². The number of amides is 5. The molecule has 0 radical (unpaired) electrons. The van der Waals surface area contributed by atoms with Crippen LogP contribution in [0.25, 0.3) is 11.1 Å². The van der Waals surface area contributed by atoms with E-state index >= 15 is 0 Å². The van der Waals surface area contributed by atoms with Gasteiger partial charge in [0.05, 0.1) is 12.6 Å². The van der Waals surface area contributed by atoms with Crippen molar-refractivity contribution in [1.29, 1.82) is 0 Å². The van der Waals surface area contributed by atoms with Gasteiger partial charge in [-0.3, -0.25) is 19.6 Å². The first-order chi connectivity index (χ1) is 19.2. The van der Waals surface area contributed by atoms with E-state index in [1.165, 1.54) is 12.5 Å². The molecule has 5 amide bonds. The summed E-state index contributed by atoms with van der Waals surface area (Å²) in [4.78, 5) is 50.7. The van der Waals surface area contributed by atoms with Crippen molar-refractivity contribution in [3.8, 4) is 11.1 Å². The van der Waals surface area contributed by atoms with Crippen molar-refractivity contribution in [2.75, 3.05) is 32.7 Å². The number of benzene rings is 2. The number of hydroxylamine groups is 2. The molecular formula is C29H39N5O6. The maximum absolute atomic E-state index is 12.8. The summed E-state index contributed by atoms with van der Waals surface area (Å²) in [7, 11) is 0. The van der Waals surface area contributed by atoms with Gasteiger partial charge in [-0.25, -0.2) is 9.86 Å². The smallest absolute Gasteiger partial charge is 0.341 e. The van der Waals surface area contributed by atoms with Gasteiger partial charge in [-0.2, -0.15) is 0 Å². The molecule has 1 aliphatic rings. The Morgan fingerprint density at radius 1 is 1.00 bits per heavy atom. The van der Waals surface area contributed by atoms with Gasteiger partial charge in [0.25, 0.3) is 5.91 Å². The molecule has 5 N–H and O–H groups in total. The van der Waals surface area contributed by atoms with Crippen LogP contribution in [0.5, 0.6) is 0 Å². The van der Waals surface area contributed by atoms with Gasteiger partial charge in [-0.05, 0) is 55.0 Å². The Bertz CT molecular complexity index is 1150. The predicted octanol–water partition coefficient (Wildman–Crippen LogP) is 1.92. The van der Waals surface area contributed by atoms with E-state index in [9.17, 15) is 29.5 Å². The topological polar surface area (TPSA) is 151 Å². The van der Waals surface area contributed by atoms with Crippen LogP contribution in [-0.4, -0.2) is 88.9 Å². The Morgan fingerprint density at radius 3 is 2.20 bits per heavy atom. The third-order valence-corrected chi connectivity index (χ3v) is 6.80. The van der Waals surface area contributed by atoms with E-state index in [1.807, 2.05) is 24.3 Å². The highest BCUT2D eigenvalue weighted by Crippen LogP contribution is 2.21. The molecule has 2 aromatic rings. The lowest BCUT2D eigenvalue weighted by atomic mass is 10.0. The number of hydrogen-bond acceptors (Lipinski definition) is 6. The van der Waals surface area contributed by atoms with Crippen LogP contribution in [-0.2, 0) is 16.0 Å². The zero-order valence-electron chi connectivity index (χ0n) is 23.1. The third kappa shape index (κ3) is 8.78. The highest BCUT2D eigenvalue weighted by Gasteiger charge is 2.26. The van der Waals surface area contributed by atoms with Crippen LogP contribution in [0.4, 0.5) is 4.79 Å². The molecule has 1 saturated heterocycles. The molecule has 2 aromatic carbocycles. The molecule has 1 heterocycles. The Labute approximate surface area is 234 Å². The SMILES string of the molecule is CCc1ccc(-c2ccc(C(=O)N[C@H](C(=O)NCCNC(=O)N(O)CCCN3CCCC3=O)[C@@H](C)O)cc2)cc1. The zero-order valence-corrected chi connectivity index (χ0v) is 23.1. The van der Waals surface area contributed by atoms with E-state index < -0.39 is 30.0 Å². The van der Waals surface area contributed by atoms with Crippen LogP contribution in [0.3, 0.4) is 0 Å². The Balaban J connectivity index is 1.41.